The predicted octanol–water partition coefficient (Wildman–Crippen LogP) is 1.24. The Hall–Kier alpha value is -1.91. The van der Waals surface area contributed by atoms with Crippen LogP contribution in [0.25, 0.3) is 0 Å². The lowest BCUT2D eigenvalue weighted by Crippen LogP contribution is -2.35. The molecule has 1 aromatic rings. The minimum atomic E-state index is -0.392. The number of aromatic nitrogens is 1. The number of nitrogens with zero attached hydrogens (tertiary/aromatic N) is 2. The summed E-state index contributed by atoms with van der Waals surface area (Å²) in [5, 5.41) is 2.57. The van der Waals surface area contributed by atoms with E-state index < -0.39 is 6.03 Å². The first kappa shape index (κ1) is 9.64. The molecule has 1 saturated heterocycles. The van der Waals surface area contributed by atoms with Crippen molar-refractivity contribution >= 4 is 17.8 Å². The Morgan fingerprint density at radius 1 is 1.47 bits per heavy atom. The van der Waals surface area contributed by atoms with Crippen LogP contribution >= 0.6 is 0 Å². The van der Waals surface area contributed by atoms with E-state index in [4.69, 9.17) is 0 Å². The Morgan fingerprint density at radius 3 is 2.93 bits per heavy atom. The number of likely N-dealkylation sites (tertiary alicyclic amines) is 1. The van der Waals surface area contributed by atoms with Gasteiger partial charge in [-0.1, -0.05) is 6.07 Å². The smallest absolute Gasteiger partial charge is 0.292 e. The zero-order chi connectivity index (χ0) is 10.7. The third-order valence-corrected chi connectivity index (χ3v) is 2.22. The minimum Gasteiger partial charge on any atom is -0.292 e. The normalized spacial score (nSPS) is 15.5. The first-order chi connectivity index (χ1) is 7.27. The third-order valence-electron chi connectivity index (χ3n) is 2.22. The maximum atomic E-state index is 11.6. The molecule has 5 nitrogen and oxygen atoms in total. The molecule has 78 valence electrons. The highest BCUT2D eigenvalue weighted by molar-refractivity contribution is 6.01. The summed E-state index contributed by atoms with van der Waals surface area (Å²) < 4.78 is 0. The Morgan fingerprint density at radius 2 is 2.33 bits per heavy atom. The van der Waals surface area contributed by atoms with Crippen molar-refractivity contribution in [2.75, 3.05) is 11.9 Å². The van der Waals surface area contributed by atoms with Crippen molar-refractivity contribution < 1.29 is 9.59 Å². The molecule has 1 fully saturated rings. The number of carbonyl (C=O) groups is 2. The summed E-state index contributed by atoms with van der Waals surface area (Å²) in [5.41, 5.74) is 0. The van der Waals surface area contributed by atoms with Crippen molar-refractivity contribution in [1.29, 1.82) is 0 Å². The van der Waals surface area contributed by atoms with Crippen molar-refractivity contribution in [1.82, 2.24) is 9.88 Å². The van der Waals surface area contributed by atoms with E-state index in [-0.39, 0.29) is 5.91 Å². The Bertz CT molecular complexity index is 378. The third kappa shape index (κ3) is 2.12. The van der Waals surface area contributed by atoms with Gasteiger partial charge in [0, 0.05) is 19.2 Å². The van der Waals surface area contributed by atoms with Gasteiger partial charge in [0.1, 0.15) is 5.82 Å². The molecule has 5 heteroatoms. The van der Waals surface area contributed by atoms with Gasteiger partial charge in [-0.05, 0) is 18.6 Å². The van der Waals surface area contributed by atoms with E-state index in [2.05, 4.69) is 10.3 Å². The molecule has 0 spiro atoms. The van der Waals surface area contributed by atoms with Gasteiger partial charge in [0.25, 0.3) is 0 Å². The maximum absolute atomic E-state index is 11.6. The molecule has 0 aliphatic carbocycles. The molecule has 1 N–H and O–H groups in total. The van der Waals surface area contributed by atoms with E-state index >= 15 is 0 Å². The molecule has 0 radical (unpaired) electrons. The fourth-order valence-electron chi connectivity index (χ4n) is 1.48. The fraction of sp³-hybridized carbons (Fsp3) is 0.300. The van der Waals surface area contributed by atoms with Crippen LogP contribution in [-0.2, 0) is 4.79 Å². The van der Waals surface area contributed by atoms with Crippen LogP contribution in [0.3, 0.4) is 0 Å². The van der Waals surface area contributed by atoms with Gasteiger partial charge in [-0.15, -0.1) is 0 Å². The Balaban J connectivity index is 2.01. The number of pyridine rings is 1. The molecule has 0 bridgehead atoms. The summed E-state index contributed by atoms with van der Waals surface area (Å²) in [6.07, 6.45) is 2.78. The standard InChI is InChI=1S/C10H11N3O2/c14-9-5-3-7-13(9)10(15)12-8-4-1-2-6-11-8/h1-2,4,6H,3,5,7H2,(H,11,12,15). The number of carbonyl (C=O) groups excluding carboxylic acids is 2. The van der Waals surface area contributed by atoms with Crippen molar-refractivity contribution in [3.63, 3.8) is 0 Å². The fourth-order valence-corrected chi connectivity index (χ4v) is 1.48. The summed E-state index contributed by atoms with van der Waals surface area (Å²) in [7, 11) is 0. The highest BCUT2D eigenvalue weighted by atomic mass is 16.2. The van der Waals surface area contributed by atoms with E-state index in [1.165, 1.54) is 4.90 Å². The quantitative estimate of drug-likeness (QED) is 0.750. The lowest BCUT2D eigenvalue weighted by molar-refractivity contribution is -0.125. The number of imide groups is 1. The summed E-state index contributed by atoms with van der Waals surface area (Å²) in [6.45, 7) is 0.498. The SMILES string of the molecule is O=C1CCCN1C(=O)Nc1ccccn1. The number of anilines is 1. The molecule has 0 atom stereocenters. The van der Waals surface area contributed by atoms with Crippen LogP contribution in [0.15, 0.2) is 24.4 Å². The van der Waals surface area contributed by atoms with Crippen LogP contribution < -0.4 is 5.32 Å². The number of nitrogens with one attached hydrogen (secondary N) is 1. The van der Waals surface area contributed by atoms with Gasteiger partial charge in [-0.25, -0.2) is 9.78 Å². The predicted molar refractivity (Wildman–Crippen MR) is 54.2 cm³/mol. The van der Waals surface area contributed by atoms with Gasteiger partial charge >= 0.3 is 6.03 Å². The number of hydrogen-bond acceptors (Lipinski definition) is 3. The van der Waals surface area contributed by atoms with E-state index in [1.54, 1.807) is 24.4 Å². The molecule has 3 amide bonds. The Labute approximate surface area is 87.1 Å². The van der Waals surface area contributed by atoms with Gasteiger partial charge in [0.15, 0.2) is 0 Å². The molecule has 2 heterocycles. The number of rotatable bonds is 1. The van der Waals surface area contributed by atoms with Crippen LogP contribution in [0.5, 0.6) is 0 Å². The summed E-state index contributed by atoms with van der Waals surface area (Å²) in [5.74, 6) is 0.339. The van der Waals surface area contributed by atoms with E-state index in [0.717, 1.165) is 6.42 Å². The van der Waals surface area contributed by atoms with E-state index in [1.807, 2.05) is 0 Å². The molecule has 0 saturated carbocycles. The van der Waals surface area contributed by atoms with Crippen molar-refractivity contribution in [2.45, 2.75) is 12.8 Å². The average molecular weight is 205 g/mol. The van der Waals surface area contributed by atoms with Crippen molar-refractivity contribution in [2.24, 2.45) is 0 Å². The molecule has 15 heavy (non-hydrogen) atoms. The average Bonchev–Trinajstić information content (AvgIpc) is 2.66. The maximum Gasteiger partial charge on any atom is 0.329 e. The van der Waals surface area contributed by atoms with Gasteiger partial charge in [0.2, 0.25) is 5.91 Å². The van der Waals surface area contributed by atoms with Gasteiger partial charge in [0.05, 0.1) is 0 Å². The molecule has 1 aliphatic heterocycles. The van der Waals surface area contributed by atoms with E-state index in [9.17, 15) is 9.59 Å². The highest BCUT2D eigenvalue weighted by Gasteiger charge is 2.26. The second-order valence-corrected chi connectivity index (χ2v) is 3.29. The molecule has 2 rings (SSSR count). The topological polar surface area (TPSA) is 62.3 Å². The van der Waals surface area contributed by atoms with Crippen molar-refractivity contribution in [3.05, 3.63) is 24.4 Å². The molecule has 0 unspecified atom stereocenters. The zero-order valence-electron chi connectivity index (χ0n) is 8.14. The molecular formula is C10H11N3O2. The lowest BCUT2D eigenvalue weighted by atomic mass is 10.4. The van der Waals surface area contributed by atoms with Gasteiger partial charge < -0.3 is 0 Å². The molecule has 1 aliphatic rings. The number of urea groups is 1. The largest absolute Gasteiger partial charge is 0.329 e. The van der Waals surface area contributed by atoms with Gasteiger partial charge in [-0.2, -0.15) is 0 Å². The first-order valence-electron chi connectivity index (χ1n) is 4.80. The van der Waals surface area contributed by atoms with Crippen LogP contribution in [0.4, 0.5) is 10.6 Å². The summed E-state index contributed by atoms with van der Waals surface area (Å²) in [4.78, 5) is 28.0. The van der Waals surface area contributed by atoms with Gasteiger partial charge in [-0.3, -0.25) is 15.0 Å². The molecule has 0 aromatic carbocycles. The van der Waals surface area contributed by atoms with Crippen LogP contribution in [-0.4, -0.2) is 28.4 Å². The number of amides is 3. The molecular weight excluding hydrogens is 194 g/mol. The monoisotopic (exact) mass is 205 g/mol. The van der Waals surface area contributed by atoms with Crippen LogP contribution in [0.1, 0.15) is 12.8 Å². The van der Waals surface area contributed by atoms with Crippen LogP contribution in [0.2, 0.25) is 0 Å². The van der Waals surface area contributed by atoms with Crippen molar-refractivity contribution in [3.8, 4) is 0 Å². The number of hydrogen-bond donors (Lipinski definition) is 1. The zero-order valence-corrected chi connectivity index (χ0v) is 8.14. The second kappa shape index (κ2) is 4.08. The molecule has 1 aromatic heterocycles. The van der Waals surface area contributed by atoms with Crippen LogP contribution in [0, 0.1) is 0 Å². The Kier molecular flexibility index (Phi) is 2.62. The van der Waals surface area contributed by atoms with E-state index in [0.29, 0.717) is 18.8 Å². The second-order valence-electron chi connectivity index (χ2n) is 3.29. The lowest BCUT2D eigenvalue weighted by Gasteiger charge is -2.13. The first-order valence-corrected chi connectivity index (χ1v) is 4.80. The minimum absolute atomic E-state index is 0.122. The summed E-state index contributed by atoms with van der Waals surface area (Å²) >= 11 is 0. The highest BCUT2D eigenvalue weighted by Crippen LogP contribution is 2.11. The summed E-state index contributed by atoms with van der Waals surface area (Å²) in [6, 6.07) is 4.82.